The molecule has 0 spiro atoms. The van der Waals surface area contributed by atoms with E-state index in [-0.39, 0.29) is 0 Å². The second-order valence-electron chi connectivity index (χ2n) is 5.53. The first-order valence-corrected chi connectivity index (χ1v) is 8.39. The maximum atomic E-state index is 8.83. The molecule has 2 aromatic rings. The third-order valence-electron chi connectivity index (χ3n) is 3.71. The van der Waals surface area contributed by atoms with Crippen LogP contribution in [0.5, 0.6) is 5.75 Å². The second kappa shape index (κ2) is 9.99. The summed E-state index contributed by atoms with van der Waals surface area (Å²) in [6.07, 6.45) is 0.908. The number of methoxy groups -OCH3 is 1. The van der Waals surface area contributed by atoms with Crippen LogP contribution in [0.4, 0.5) is 0 Å². The summed E-state index contributed by atoms with van der Waals surface area (Å²) in [5.74, 6) is 1.66. The fourth-order valence-electron chi connectivity index (χ4n) is 2.31. The van der Waals surface area contributed by atoms with Gasteiger partial charge in [0, 0.05) is 13.1 Å². The van der Waals surface area contributed by atoms with Gasteiger partial charge in [-0.25, -0.2) is 4.99 Å². The van der Waals surface area contributed by atoms with Crippen LogP contribution in [-0.4, -0.2) is 26.2 Å². The molecule has 0 aliphatic carbocycles. The summed E-state index contributed by atoms with van der Waals surface area (Å²) < 4.78 is 5.17. The number of hydrogen-bond acceptors (Lipinski definition) is 3. The first-order valence-electron chi connectivity index (χ1n) is 8.39. The van der Waals surface area contributed by atoms with Gasteiger partial charge in [-0.3, -0.25) is 0 Å². The van der Waals surface area contributed by atoms with Crippen molar-refractivity contribution in [3.05, 3.63) is 65.2 Å². The van der Waals surface area contributed by atoms with Gasteiger partial charge in [0.2, 0.25) is 0 Å². The Hall–Kier alpha value is -3.00. The lowest BCUT2D eigenvalue weighted by Crippen LogP contribution is -2.38. The van der Waals surface area contributed by atoms with Crippen molar-refractivity contribution >= 4 is 5.96 Å². The lowest BCUT2D eigenvalue weighted by atomic mass is 10.1. The molecule has 0 radical (unpaired) electrons. The molecule has 5 heteroatoms. The lowest BCUT2D eigenvalue weighted by Gasteiger charge is -2.11. The van der Waals surface area contributed by atoms with Crippen molar-refractivity contribution in [1.29, 1.82) is 5.26 Å². The molecule has 2 rings (SSSR count). The van der Waals surface area contributed by atoms with Crippen molar-refractivity contribution in [1.82, 2.24) is 10.6 Å². The molecule has 2 aromatic carbocycles. The summed E-state index contributed by atoms with van der Waals surface area (Å²) in [5.41, 5.74) is 2.99. The van der Waals surface area contributed by atoms with E-state index >= 15 is 0 Å². The average molecular weight is 336 g/mol. The Labute approximate surface area is 149 Å². The number of aliphatic imine (C=N–C) groups is 1. The Morgan fingerprint density at radius 1 is 1.04 bits per heavy atom. The summed E-state index contributed by atoms with van der Waals surface area (Å²) in [6, 6.07) is 17.7. The number of ether oxygens (including phenoxy) is 1. The minimum absolute atomic E-state index is 0.573. The van der Waals surface area contributed by atoms with Crippen LogP contribution in [0, 0.1) is 11.3 Å². The number of guanidine groups is 1. The van der Waals surface area contributed by atoms with Gasteiger partial charge in [-0.1, -0.05) is 24.3 Å². The Bertz CT molecular complexity index is 715. The van der Waals surface area contributed by atoms with Crippen molar-refractivity contribution in [3.8, 4) is 11.8 Å². The number of benzene rings is 2. The highest BCUT2D eigenvalue weighted by Gasteiger charge is 1.99. The van der Waals surface area contributed by atoms with Gasteiger partial charge in [0.1, 0.15) is 5.75 Å². The van der Waals surface area contributed by atoms with Crippen molar-refractivity contribution in [2.75, 3.05) is 20.2 Å². The highest BCUT2D eigenvalue weighted by atomic mass is 16.5. The zero-order chi connectivity index (χ0) is 17.9. The molecule has 5 nitrogen and oxygen atoms in total. The first-order chi connectivity index (χ1) is 12.2. The van der Waals surface area contributed by atoms with Crippen molar-refractivity contribution in [2.24, 2.45) is 4.99 Å². The van der Waals surface area contributed by atoms with Crippen LogP contribution in [0.1, 0.15) is 23.6 Å². The smallest absolute Gasteiger partial charge is 0.191 e. The van der Waals surface area contributed by atoms with Crippen molar-refractivity contribution < 1.29 is 4.74 Å². The number of rotatable bonds is 7. The van der Waals surface area contributed by atoms with E-state index in [1.165, 1.54) is 5.56 Å². The van der Waals surface area contributed by atoms with E-state index in [0.717, 1.165) is 36.8 Å². The molecule has 0 aliphatic rings. The van der Waals surface area contributed by atoms with Gasteiger partial charge in [-0.15, -0.1) is 0 Å². The van der Waals surface area contributed by atoms with Crippen LogP contribution in [0.15, 0.2) is 53.5 Å². The predicted octanol–water partition coefficient (Wildman–Crippen LogP) is 2.86. The molecular weight excluding hydrogens is 312 g/mol. The van der Waals surface area contributed by atoms with Crippen molar-refractivity contribution in [2.45, 2.75) is 19.9 Å². The van der Waals surface area contributed by atoms with E-state index < -0.39 is 0 Å². The average Bonchev–Trinajstić information content (AvgIpc) is 2.67. The molecule has 0 heterocycles. The zero-order valence-electron chi connectivity index (χ0n) is 14.7. The number of nitriles is 1. The third-order valence-corrected chi connectivity index (χ3v) is 3.71. The van der Waals surface area contributed by atoms with Crippen LogP contribution in [0.3, 0.4) is 0 Å². The lowest BCUT2D eigenvalue weighted by molar-refractivity contribution is 0.414. The molecule has 0 saturated heterocycles. The SMILES string of the molecule is CCNC(=NCc1ccc(C#N)cc1)NCCc1ccc(OC)cc1. The fourth-order valence-corrected chi connectivity index (χ4v) is 2.31. The Morgan fingerprint density at radius 2 is 1.72 bits per heavy atom. The van der Waals surface area contributed by atoms with E-state index in [9.17, 15) is 0 Å². The second-order valence-corrected chi connectivity index (χ2v) is 5.53. The quantitative estimate of drug-likeness (QED) is 0.602. The maximum absolute atomic E-state index is 8.83. The molecule has 25 heavy (non-hydrogen) atoms. The zero-order valence-corrected chi connectivity index (χ0v) is 14.7. The molecule has 0 unspecified atom stereocenters. The molecule has 0 atom stereocenters. The molecule has 0 fully saturated rings. The third kappa shape index (κ3) is 6.19. The molecule has 0 amide bonds. The summed E-state index contributed by atoms with van der Waals surface area (Å²) in [4.78, 5) is 4.59. The van der Waals surface area contributed by atoms with Crippen LogP contribution < -0.4 is 15.4 Å². The summed E-state index contributed by atoms with van der Waals surface area (Å²) in [7, 11) is 1.67. The van der Waals surface area contributed by atoms with E-state index in [1.54, 1.807) is 7.11 Å². The van der Waals surface area contributed by atoms with Crippen LogP contribution >= 0.6 is 0 Å². The van der Waals surface area contributed by atoms with Crippen LogP contribution in [0.2, 0.25) is 0 Å². The van der Waals surface area contributed by atoms with Gasteiger partial charge in [0.05, 0.1) is 25.3 Å². The van der Waals surface area contributed by atoms with Gasteiger partial charge in [0.25, 0.3) is 0 Å². The minimum atomic E-state index is 0.573. The highest BCUT2D eigenvalue weighted by molar-refractivity contribution is 5.79. The van der Waals surface area contributed by atoms with Crippen LogP contribution in [-0.2, 0) is 13.0 Å². The normalized spacial score (nSPS) is 10.8. The van der Waals surface area contributed by atoms with E-state index in [4.69, 9.17) is 10.00 Å². The molecule has 0 bridgehead atoms. The van der Waals surface area contributed by atoms with Gasteiger partial charge >= 0.3 is 0 Å². The van der Waals surface area contributed by atoms with Gasteiger partial charge in [-0.2, -0.15) is 5.26 Å². The van der Waals surface area contributed by atoms with Crippen LogP contribution in [0.25, 0.3) is 0 Å². The molecular formula is C20H24N4O. The molecule has 0 saturated carbocycles. The number of nitrogens with zero attached hydrogens (tertiary/aromatic N) is 2. The van der Waals surface area contributed by atoms with E-state index in [1.807, 2.05) is 43.3 Å². The summed E-state index contributed by atoms with van der Waals surface area (Å²) in [5, 5.41) is 15.4. The predicted molar refractivity (Wildman–Crippen MR) is 101 cm³/mol. The standard InChI is InChI=1S/C20H24N4O/c1-3-22-20(24-15-18-6-4-17(14-21)5-7-18)23-13-12-16-8-10-19(25-2)11-9-16/h4-11H,3,12-13,15H2,1-2H3,(H2,22,23,24). The Balaban J connectivity index is 1.86. The van der Waals surface area contributed by atoms with E-state index in [0.29, 0.717) is 12.1 Å². The largest absolute Gasteiger partial charge is 0.497 e. The maximum Gasteiger partial charge on any atom is 0.191 e. The molecule has 130 valence electrons. The highest BCUT2D eigenvalue weighted by Crippen LogP contribution is 2.11. The molecule has 0 aliphatic heterocycles. The van der Waals surface area contributed by atoms with Crippen molar-refractivity contribution in [3.63, 3.8) is 0 Å². The van der Waals surface area contributed by atoms with Gasteiger partial charge in [-0.05, 0) is 48.7 Å². The summed E-state index contributed by atoms with van der Waals surface area (Å²) in [6.45, 7) is 4.22. The Kier molecular flexibility index (Phi) is 7.33. The van der Waals surface area contributed by atoms with Gasteiger partial charge < -0.3 is 15.4 Å². The number of nitrogens with one attached hydrogen (secondary N) is 2. The monoisotopic (exact) mass is 336 g/mol. The van der Waals surface area contributed by atoms with E-state index in [2.05, 4.69) is 33.8 Å². The topological polar surface area (TPSA) is 69.4 Å². The molecule has 2 N–H and O–H groups in total. The minimum Gasteiger partial charge on any atom is -0.497 e. The molecule has 0 aromatic heterocycles. The van der Waals surface area contributed by atoms with Gasteiger partial charge in [0.15, 0.2) is 5.96 Å². The number of hydrogen-bond donors (Lipinski definition) is 2. The summed E-state index contributed by atoms with van der Waals surface area (Å²) >= 11 is 0. The Morgan fingerprint density at radius 3 is 2.32 bits per heavy atom. The first kappa shape index (κ1) is 18.3. The fraction of sp³-hybridized carbons (Fsp3) is 0.300.